The standard InChI is InChI=1S/C18H21O2P/c1-12-13-8-5-6-10-15(13)19-21-20-16-11-7-9-14(17(12)16)18(2,3)4/h5-11,14,21H,1-4H3/b17-12-. The van der Waals surface area contributed by atoms with E-state index in [4.69, 9.17) is 9.05 Å². The van der Waals surface area contributed by atoms with Crippen LogP contribution in [-0.2, 0) is 4.52 Å². The molecule has 0 aromatic heterocycles. The van der Waals surface area contributed by atoms with Crippen LogP contribution in [0.1, 0.15) is 33.3 Å². The summed E-state index contributed by atoms with van der Waals surface area (Å²) in [4.78, 5) is 0. The van der Waals surface area contributed by atoms with Gasteiger partial charge in [-0.2, -0.15) is 0 Å². The number of rotatable bonds is 0. The lowest BCUT2D eigenvalue weighted by Crippen LogP contribution is -2.24. The lowest BCUT2D eigenvalue weighted by atomic mass is 9.72. The molecule has 2 nitrogen and oxygen atoms in total. The Morgan fingerprint density at radius 3 is 2.62 bits per heavy atom. The highest BCUT2D eigenvalue weighted by Gasteiger charge is 2.33. The minimum Gasteiger partial charge on any atom is -0.440 e. The lowest BCUT2D eigenvalue weighted by molar-refractivity contribution is 0.313. The van der Waals surface area contributed by atoms with Crippen LogP contribution >= 0.6 is 9.03 Å². The average Bonchev–Trinajstić information content (AvgIpc) is 2.44. The molecule has 1 aromatic carbocycles. The van der Waals surface area contributed by atoms with Gasteiger partial charge in [-0.05, 0) is 30.1 Å². The van der Waals surface area contributed by atoms with Gasteiger partial charge in [0.25, 0.3) is 9.03 Å². The van der Waals surface area contributed by atoms with Crippen molar-refractivity contribution in [3.8, 4) is 5.75 Å². The van der Waals surface area contributed by atoms with Crippen LogP contribution in [0.25, 0.3) is 5.57 Å². The van der Waals surface area contributed by atoms with Gasteiger partial charge in [-0.3, -0.25) is 0 Å². The van der Waals surface area contributed by atoms with Gasteiger partial charge in [0, 0.05) is 17.1 Å². The fourth-order valence-electron chi connectivity index (χ4n) is 2.94. The molecule has 110 valence electrons. The van der Waals surface area contributed by atoms with Gasteiger partial charge in [0.05, 0.1) is 0 Å². The van der Waals surface area contributed by atoms with Crippen LogP contribution < -0.4 is 4.52 Å². The van der Waals surface area contributed by atoms with Gasteiger partial charge in [0.15, 0.2) is 0 Å². The summed E-state index contributed by atoms with van der Waals surface area (Å²) in [6, 6.07) is 8.20. The van der Waals surface area contributed by atoms with E-state index in [9.17, 15) is 0 Å². The first-order valence-electron chi connectivity index (χ1n) is 7.26. The Bertz CT molecular complexity index is 647. The zero-order valence-corrected chi connectivity index (χ0v) is 13.9. The molecule has 0 saturated heterocycles. The summed E-state index contributed by atoms with van der Waals surface area (Å²) in [7, 11) is -0.00621. The minimum atomic E-state index is -0.00621. The molecule has 0 spiro atoms. The fourth-order valence-corrected chi connectivity index (χ4v) is 3.52. The third-order valence-corrected chi connectivity index (χ3v) is 4.67. The van der Waals surface area contributed by atoms with Gasteiger partial charge < -0.3 is 9.05 Å². The Morgan fingerprint density at radius 1 is 1.10 bits per heavy atom. The molecule has 1 heterocycles. The van der Waals surface area contributed by atoms with E-state index in [2.05, 4.69) is 52.0 Å². The summed E-state index contributed by atoms with van der Waals surface area (Å²) >= 11 is 0. The summed E-state index contributed by atoms with van der Waals surface area (Å²) in [5.74, 6) is 2.19. The van der Waals surface area contributed by atoms with Crippen LogP contribution in [0.5, 0.6) is 5.75 Å². The third kappa shape index (κ3) is 2.65. The Hall–Kier alpha value is -1.53. The summed E-state index contributed by atoms with van der Waals surface area (Å²) in [5, 5.41) is 0. The molecule has 0 N–H and O–H groups in total. The summed E-state index contributed by atoms with van der Waals surface area (Å²) < 4.78 is 11.7. The number of hydrogen-bond acceptors (Lipinski definition) is 2. The molecule has 3 rings (SSSR count). The molecule has 1 aromatic rings. The second-order valence-corrected chi connectivity index (χ2v) is 7.16. The highest BCUT2D eigenvalue weighted by atomic mass is 31.1. The molecular weight excluding hydrogens is 279 g/mol. The fraction of sp³-hybridized carbons (Fsp3) is 0.333. The van der Waals surface area contributed by atoms with Gasteiger partial charge in [0.1, 0.15) is 11.5 Å². The Kier molecular flexibility index (Phi) is 3.67. The molecule has 3 heteroatoms. The second-order valence-electron chi connectivity index (χ2n) is 6.58. The highest BCUT2D eigenvalue weighted by Crippen LogP contribution is 2.47. The van der Waals surface area contributed by atoms with Crippen molar-refractivity contribution in [2.75, 3.05) is 0 Å². The van der Waals surface area contributed by atoms with E-state index in [0.29, 0.717) is 5.92 Å². The maximum Gasteiger partial charge on any atom is 0.275 e. The van der Waals surface area contributed by atoms with E-state index in [1.807, 2.05) is 18.2 Å². The predicted molar refractivity (Wildman–Crippen MR) is 89.2 cm³/mol. The van der Waals surface area contributed by atoms with Gasteiger partial charge in [0.2, 0.25) is 0 Å². The summed E-state index contributed by atoms with van der Waals surface area (Å²) in [6.07, 6.45) is 6.42. The molecule has 0 fully saturated rings. The van der Waals surface area contributed by atoms with Gasteiger partial charge in [-0.15, -0.1) is 0 Å². The molecule has 0 radical (unpaired) electrons. The smallest absolute Gasteiger partial charge is 0.275 e. The topological polar surface area (TPSA) is 18.5 Å². The molecule has 0 amide bonds. The van der Waals surface area contributed by atoms with Crippen LogP contribution in [0.2, 0.25) is 0 Å². The summed E-state index contributed by atoms with van der Waals surface area (Å²) in [6.45, 7) is 8.99. The van der Waals surface area contributed by atoms with Crippen molar-refractivity contribution in [1.29, 1.82) is 0 Å². The molecule has 0 bridgehead atoms. The van der Waals surface area contributed by atoms with Crippen molar-refractivity contribution in [3.05, 3.63) is 59.4 Å². The SMILES string of the molecule is C/C1=C2/C(=CC=CC2C(C)(C)C)OPOc2ccccc21. The normalized spacial score (nSPS) is 25.9. The quantitative estimate of drug-likeness (QED) is 0.589. The minimum absolute atomic E-state index is 0.00621. The average molecular weight is 300 g/mol. The van der Waals surface area contributed by atoms with E-state index in [0.717, 1.165) is 11.5 Å². The van der Waals surface area contributed by atoms with Crippen LogP contribution in [0, 0.1) is 11.3 Å². The van der Waals surface area contributed by atoms with Crippen LogP contribution in [0.3, 0.4) is 0 Å². The molecule has 2 unspecified atom stereocenters. The zero-order chi connectivity index (χ0) is 15.0. The molecular formula is C18H21O2P. The largest absolute Gasteiger partial charge is 0.440 e. The number of benzene rings is 1. The zero-order valence-electron chi connectivity index (χ0n) is 12.9. The monoisotopic (exact) mass is 300 g/mol. The highest BCUT2D eigenvalue weighted by molar-refractivity contribution is 7.26. The molecule has 21 heavy (non-hydrogen) atoms. The van der Waals surface area contributed by atoms with Crippen LogP contribution in [0.4, 0.5) is 0 Å². The van der Waals surface area contributed by atoms with Crippen LogP contribution in [0.15, 0.2) is 53.8 Å². The number of para-hydroxylation sites is 1. The Labute approximate surface area is 128 Å². The Balaban J connectivity index is 2.22. The first-order chi connectivity index (χ1) is 9.98. The molecule has 2 aliphatic rings. The van der Waals surface area contributed by atoms with Gasteiger partial charge in [-0.1, -0.05) is 51.1 Å². The molecule has 1 aliphatic carbocycles. The molecule has 1 aliphatic heterocycles. The van der Waals surface area contributed by atoms with E-state index in [1.54, 1.807) is 0 Å². The first kappa shape index (κ1) is 14.4. The number of hydrogen-bond donors (Lipinski definition) is 0. The Morgan fingerprint density at radius 2 is 1.86 bits per heavy atom. The number of fused-ring (bicyclic) bond motifs is 2. The van der Waals surface area contributed by atoms with Crippen molar-refractivity contribution in [1.82, 2.24) is 0 Å². The van der Waals surface area contributed by atoms with E-state index in [-0.39, 0.29) is 14.4 Å². The second kappa shape index (κ2) is 5.35. The van der Waals surface area contributed by atoms with E-state index < -0.39 is 0 Å². The lowest BCUT2D eigenvalue weighted by Gasteiger charge is -2.35. The van der Waals surface area contributed by atoms with E-state index >= 15 is 0 Å². The van der Waals surface area contributed by atoms with Crippen molar-refractivity contribution < 1.29 is 9.05 Å². The van der Waals surface area contributed by atoms with Crippen molar-refractivity contribution >= 4 is 14.6 Å². The summed E-state index contributed by atoms with van der Waals surface area (Å²) in [5.41, 5.74) is 3.84. The first-order valence-corrected chi connectivity index (χ1v) is 8.08. The third-order valence-electron chi connectivity index (χ3n) is 4.06. The van der Waals surface area contributed by atoms with Crippen molar-refractivity contribution in [2.45, 2.75) is 27.7 Å². The van der Waals surface area contributed by atoms with Crippen molar-refractivity contribution in [2.24, 2.45) is 11.3 Å². The van der Waals surface area contributed by atoms with Gasteiger partial charge >= 0.3 is 0 Å². The maximum atomic E-state index is 5.90. The van der Waals surface area contributed by atoms with Crippen molar-refractivity contribution in [3.63, 3.8) is 0 Å². The molecule has 2 atom stereocenters. The van der Waals surface area contributed by atoms with Gasteiger partial charge in [-0.25, -0.2) is 0 Å². The van der Waals surface area contributed by atoms with E-state index in [1.165, 1.54) is 16.7 Å². The predicted octanol–water partition coefficient (Wildman–Crippen LogP) is 5.49. The van der Waals surface area contributed by atoms with Crippen LogP contribution in [-0.4, -0.2) is 0 Å². The maximum absolute atomic E-state index is 5.90. The molecule has 0 saturated carbocycles. The number of allylic oxidation sites excluding steroid dienone is 5.